The van der Waals surface area contributed by atoms with Crippen LogP contribution in [-0.4, -0.2) is 45.7 Å². The van der Waals surface area contributed by atoms with Gasteiger partial charge >= 0.3 is 5.97 Å². The van der Waals surface area contributed by atoms with Crippen molar-refractivity contribution in [3.05, 3.63) is 40.5 Å². The fourth-order valence-electron chi connectivity index (χ4n) is 2.02. The molecule has 0 saturated carbocycles. The molecular formula is C15H16BrN3O3. The number of carbonyl (C=O) groups excluding carboxylic acids is 1. The van der Waals surface area contributed by atoms with E-state index in [9.17, 15) is 9.59 Å². The number of hydrogen-bond donors (Lipinski definition) is 2. The molecule has 0 aliphatic carbocycles. The van der Waals surface area contributed by atoms with Gasteiger partial charge in [-0.3, -0.25) is 14.7 Å². The predicted octanol–water partition coefficient (Wildman–Crippen LogP) is 2.78. The van der Waals surface area contributed by atoms with E-state index in [1.807, 2.05) is 30.3 Å². The number of aromatic amines is 1. The number of rotatable bonds is 6. The molecule has 1 heterocycles. The largest absolute Gasteiger partial charge is 0.481 e. The second-order valence-corrected chi connectivity index (χ2v) is 5.64. The minimum atomic E-state index is -0.866. The molecule has 2 rings (SSSR count). The second-order valence-electron chi connectivity index (χ2n) is 4.85. The summed E-state index contributed by atoms with van der Waals surface area (Å²) in [5.74, 6) is -1.10. The first-order valence-corrected chi connectivity index (χ1v) is 7.56. The van der Waals surface area contributed by atoms with Crippen molar-refractivity contribution in [1.82, 2.24) is 15.1 Å². The monoisotopic (exact) mass is 365 g/mol. The SMILES string of the molecule is CN(CCCC(=O)O)C(=O)c1[nH]nc(-c2ccccc2)c1Br. The van der Waals surface area contributed by atoms with E-state index in [-0.39, 0.29) is 12.3 Å². The average molecular weight is 366 g/mol. The van der Waals surface area contributed by atoms with Gasteiger partial charge in [0.15, 0.2) is 0 Å². The van der Waals surface area contributed by atoms with Crippen LogP contribution in [0.1, 0.15) is 23.3 Å². The molecule has 1 aromatic carbocycles. The fraction of sp³-hybridized carbons (Fsp3) is 0.267. The number of benzene rings is 1. The van der Waals surface area contributed by atoms with E-state index in [0.717, 1.165) is 5.56 Å². The molecule has 0 unspecified atom stereocenters. The number of nitrogens with one attached hydrogen (secondary N) is 1. The van der Waals surface area contributed by atoms with Gasteiger partial charge in [-0.1, -0.05) is 30.3 Å². The lowest BCUT2D eigenvalue weighted by atomic mass is 10.1. The molecule has 0 saturated heterocycles. The highest BCUT2D eigenvalue weighted by Crippen LogP contribution is 2.29. The Morgan fingerprint density at radius 2 is 2.00 bits per heavy atom. The maximum atomic E-state index is 12.4. The first-order valence-electron chi connectivity index (χ1n) is 6.77. The van der Waals surface area contributed by atoms with Crippen LogP contribution < -0.4 is 0 Å². The summed E-state index contributed by atoms with van der Waals surface area (Å²) in [5.41, 5.74) is 1.93. The van der Waals surface area contributed by atoms with E-state index in [4.69, 9.17) is 5.11 Å². The molecule has 1 amide bonds. The summed E-state index contributed by atoms with van der Waals surface area (Å²) in [7, 11) is 1.64. The Bertz CT molecular complexity index is 670. The van der Waals surface area contributed by atoms with E-state index in [1.54, 1.807) is 7.05 Å². The van der Waals surface area contributed by atoms with Crippen molar-refractivity contribution in [3.63, 3.8) is 0 Å². The molecule has 2 N–H and O–H groups in total. The Hall–Kier alpha value is -2.15. The van der Waals surface area contributed by atoms with Crippen molar-refractivity contribution in [1.29, 1.82) is 0 Å². The number of halogens is 1. The Kier molecular flexibility index (Phi) is 5.32. The predicted molar refractivity (Wildman–Crippen MR) is 85.6 cm³/mol. The van der Waals surface area contributed by atoms with Crippen LogP contribution in [0.4, 0.5) is 0 Å². The molecule has 0 aliphatic heterocycles. The van der Waals surface area contributed by atoms with E-state index in [1.165, 1.54) is 4.90 Å². The van der Waals surface area contributed by atoms with Crippen molar-refractivity contribution < 1.29 is 14.7 Å². The average Bonchev–Trinajstić information content (AvgIpc) is 2.88. The number of aromatic nitrogens is 2. The summed E-state index contributed by atoms with van der Waals surface area (Å²) >= 11 is 3.41. The zero-order chi connectivity index (χ0) is 16.1. The van der Waals surface area contributed by atoms with Crippen molar-refractivity contribution in [2.24, 2.45) is 0 Å². The third kappa shape index (κ3) is 3.73. The lowest BCUT2D eigenvalue weighted by Gasteiger charge is -2.15. The van der Waals surface area contributed by atoms with Crippen LogP contribution >= 0.6 is 15.9 Å². The molecule has 0 fully saturated rings. The van der Waals surface area contributed by atoms with Crippen LogP contribution in [0.3, 0.4) is 0 Å². The number of aliphatic carboxylic acids is 1. The summed E-state index contributed by atoms with van der Waals surface area (Å²) < 4.78 is 0.605. The molecule has 6 nitrogen and oxygen atoms in total. The molecule has 116 valence electrons. The molecule has 0 aliphatic rings. The molecule has 1 aromatic heterocycles. The van der Waals surface area contributed by atoms with Crippen molar-refractivity contribution in [2.45, 2.75) is 12.8 Å². The van der Waals surface area contributed by atoms with Crippen molar-refractivity contribution >= 4 is 27.8 Å². The smallest absolute Gasteiger partial charge is 0.303 e. The molecular weight excluding hydrogens is 350 g/mol. The number of carboxylic acids is 1. The molecule has 0 spiro atoms. The quantitative estimate of drug-likeness (QED) is 0.823. The first-order chi connectivity index (χ1) is 10.5. The number of carbonyl (C=O) groups is 2. The van der Waals surface area contributed by atoms with E-state index >= 15 is 0 Å². The summed E-state index contributed by atoms with van der Waals surface area (Å²) in [6.07, 6.45) is 0.450. The topological polar surface area (TPSA) is 86.3 Å². The van der Waals surface area contributed by atoms with E-state index in [2.05, 4.69) is 26.1 Å². The number of amides is 1. The van der Waals surface area contributed by atoms with Crippen LogP contribution in [-0.2, 0) is 4.79 Å². The fourth-order valence-corrected chi connectivity index (χ4v) is 2.59. The first kappa shape index (κ1) is 16.2. The second kappa shape index (κ2) is 7.22. The van der Waals surface area contributed by atoms with Crippen molar-refractivity contribution in [3.8, 4) is 11.3 Å². The normalized spacial score (nSPS) is 10.5. The highest BCUT2D eigenvalue weighted by molar-refractivity contribution is 9.10. The molecule has 7 heteroatoms. The maximum Gasteiger partial charge on any atom is 0.303 e. The third-order valence-corrected chi connectivity index (χ3v) is 3.97. The van der Waals surface area contributed by atoms with Crippen LogP contribution in [0.5, 0.6) is 0 Å². The lowest BCUT2D eigenvalue weighted by molar-refractivity contribution is -0.137. The summed E-state index contributed by atoms with van der Waals surface area (Å²) in [6, 6.07) is 9.52. The van der Waals surface area contributed by atoms with Crippen LogP contribution in [0.2, 0.25) is 0 Å². The zero-order valence-electron chi connectivity index (χ0n) is 12.0. The zero-order valence-corrected chi connectivity index (χ0v) is 13.6. The van der Waals surface area contributed by atoms with E-state index in [0.29, 0.717) is 28.8 Å². The van der Waals surface area contributed by atoms with Crippen LogP contribution in [0.15, 0.2) is 34.8 Å². The number of nitrogens with zero attached hydrogens (tertiary/aromatic N) is 2. The van der Waals surface area contributed by atoms with Crippen LogP contribution in [0, 0.1) is 0 Å². The number of carboxylic acid groups (broad SMARTS) is 1. The molecule has 0 atom stereocenters. The molecule has 2 aromatic rings. The Balaban J connectivity index is 2.11. The Morgan fingerprint density at radius 1 is 1.32 bits per heavy atom. The summed E-state index contributed by atoms with van der Waals surface area (Å²) in [6.45, 7) is 0.372. The Labute approximate surface area is 136 Å². The molecule has 0 bridgehead atoms. The van der Waals surface area contributed by atoms with Gasteiger partial charge in [0.1, 0.15) is 11.4 Å². The maximum absolute atomic E-state index is 12.4. The third-order valence-electron chi connectivity index (χ3n) is 3.20. The highest BCUT2D eigenvalue weighted by atomic mass is 79.9. The minimum Gasteiger partial charge on any atom is -0.481 e. The lowest BCUT2D eigenvalue weighted by Crippen LogP contribution is -2.28. The van der Waals surface area contributed by atoms with Gasteiger partial charge in [0.25, 0.3) is 5.91 Å². The van der Waals surface area contributed by atoms with Gasteiger partial charge in [-0.2, -0.15) is 5.10 Å². The number of H-pyrrole nitrogens is 1. The summed E-state index contributed by atoms with van der Waals surface area (Å²) in [4.78, 5) is 24.4. The molecule has 0 radical (unpaired) electrons. The highest BCUT2D eigenvalue weighted by Gasteiger charge is 2.21. The van der Waals surface area contributed by atoms with Gasteiger partial charge < -0.3 is 10.0 Å². The van der Waals surface area contributed by atoms with Gasteiger partial charge in [0.05, 0.1) is 4.47 Å². The molecule has 22 heavy (non-hydrogen) atoms. The van der Waals surface area contributed by atoms with Crippen LogP contribution in [0.25, 0.3) is 11.3 Å². The van der Waals surface area contributed by atoms with Gasteiger partial charge in [-0.05, 0) is 22.4 Å². The Morgan fingerprint density at radius 3 is 2.64 bits per heavy atom. The van der Waals surface area contributed by atoms with E-state index < -0.39 is 5.97 Å². The van der Waals surface area contributed by atoms with Gasteiger partial charge in [-0.15, -0.1) is 0 Å². The van der Waals surface area contributed by atoms with Gasteiger partial charge in [0, 0.05) is 25.6 Å². The van der Waals surface area contributed by atoms with Crippen molar-refractivity contribution in [2.75, 3.05) is 13.6 Å². The summed E-state index contributed by atoms with van der Waals surface area (Å²) in [5, 5.41) is 15.6. The standard InChI is InChI=1S/C15H16BrN3O3/c1-19(9-5-8-11(20)21)15(22)14-12(16)13(17-18-14)10-6-3-2-4-7-10/h2-4,6-7H,5,8-9H2,1H3,(H,17,18)(H,20,21). The van der Waals surface area contributed by atoms with Gasteiger partial charge in [-0.25, -0.2) is 0 Å². The minimum absolute atomic E-state index is 0.0387. The van der Waals surface area contributed by atoms with Gasteiger partial charge in [0.2, 0.25) is 0 Å². The number of hydrogen-bond acceptors (Lipinski definition) is 3.